The standard InChI is InChI=1S/C14H11Cl2NO2.C12H21N/c15-10-5-3-6-11(16)14(10)17-12-7-2-1-4-9(12)8-13(18)19;1-10-3-9-4-11(2,6-10)8-12(13,5-9)7-10/h1-7,17H,8H2,(H,18,19);9H,3-8,13H2,1-2H3. The SMILES string of the molecule is CC12CC3CC(C)(C1)CC(N)(C3)C2.O=C(O)Cc1ccccc1Nc1c(Cl)cccc1Cl. The van der Waals surface area contributed by atoms with Crippen molar-refractivity contribution in [3.63, 3.8) is 0 Å². The van der Waals surface area contributed by atoms with E-state index in [4.69, 9.17) is 34.0 Å². The van der Waals surface area contributed by atoms with Crippen LogP contribution in [0.5, 0.6) is 0 Å². The van der Waals surface area contributed by atoms with Gasteiger partial charge in [-0.2, -0.15) is 0 Å². The van der Waals surface area contributed by atoms with Crippen LogP contribution in [0.3, 0.4) is 0 Å². The summed E-state index contributed by atoms with van der Waals surface area (Å²) in [6.07, 6.45) is 8.21. The molecular weight excluding hydrogens is 443 g/mol. The van der Waals surface area contributed by atoms with Crippen molar-refractivity contribution in [3.8, 4) is 0 Å². The zero-order valence-corrected chi connectivity index (χ0v) is 20.3. The molecule has 4 saturated carbocycles. The molecule has 0 radical (unpaired) electrons. The first kappa shape index (κ1) is 23.4. The molecule has 4 nitrogen and oxygen atoms in total. The maximum atomic E-state index is 10.8. The number of halogens is 2. The molecule has 4 fully saturated rings. The fourth-order valence-corrected chi connectivity index (χ4v) is 7.74. The minimum absolute atomic E-state index is 0.0642. The summed E-state index contributed by atoms with van der Waals surface area (Å²) >= 11 is 12.1. The number of nitrogens with one attached hydrogen (secondary N) is 1. The van der Waals surface area contributed by atoms with Gasteiger partial charge in [0.1, 0.15) is 0 Å². The van der Waals surface area contributed by atoms with Crippen LogP contribution in [0, 0.1) is 16.7 Å². The van der Waals surface area contributed by atoms with Crippen molar-refractivity contribution in [1.29, 1.82) is 0 Å². The van der Waals surface area contributed by atoms with Gasteiger partial charge in [0.25, 0.3) is 0 Å². The van der Waals surface area contributed by atoms with Crippen molar-refractivity contribution >= 4 is 40.5 Å². The van der Waals surface area contributed by atoms with Gasteiger partial charge in [0, 0.05) is 11.2 Å². The third kappa shape index (κ3) is 5.08. The van der Waals surface area contributed by atoms with E-state index in [1.807, 2.05) is 6.07 Å². The lowest BCUT2D eigenvalue weighted by Gasteiger charge is -2.64. The molecule has 0 aliphatic heterocycles. The quantitative estimate of drug-likeness (QED) is 0.443. The van der Waals surface area contributed by atoms with Gasteiger partial charge in [-0.05, 0) is 79.0 Å². The Morgan fingerprint density at radius 3 is 2.12 bits per heavy atom. The van der Waals surface area contributed by atoms with Crippen LogP contribution in [0.25, 0.3) is 0 Å². The molecule has 4 aliphatic rings. The summed E-state index contributed by atoms with van der Waals surface area (Å²) in [5, 5.41) is 12.9. The average Bonchev–Trinajstić information content (AvgIpc) is 2.62. The highest BCUT2D eigenvalue weighted by molar-refractivity contribution is 6.39. The smallest absolute Gasteiger partial charge is 0.307 e. The number of carboxylic acid groups (broad SMARTS) is 1. The first-order valence-electron chi connectivity index (χ1n) is 11.3. The van der Waals surface area contributed by atoms with Crippen molar-refractivity contribution in [2.45, 2.75) is 64.3 Å². The monoisotopic (exact) mass is 474 g/mol. The summed E-state index contributed by atoms with van der Waals surface area (Å²) in [5.74, 6) is 0.0655. The Hall–Kier alpha value is -1.75. The molecular formula is C26H32Cl2N2O2. The van der Waals surface area contributed by atoms with Gasteiger partial charge in [0.05, 0.1) is 22.2 Å². The number of aliphatic carboxylic acids is 1. The number of para-hydroxylation sites is 2. The van der Waals surface area contributed by atoms with Crippen molar-refractivity contribution in [2.75, 3.05) is 5.32 Å². The van der Waals surface area contributed by atoms with Crippen LogP contribution in [0.15, 0.2) is 42.5 Å². The predicted molar refractivity (Wildman–Crippen MR) is 132 cm³/mol. The first-order chi connectivity index (χ1) is 15.0. The Kier molecular flexibility index (Phi) is 6.26. The van der Waals surface area contributed by atoms with E-state index in [0.29, 0.717) is 37.8 Å². The third-order valence-corrected chi connectivity index (χ3v) is 7.88. The molecule has 4 bridgehead atoms. The minimum atomic E-state index is -0.889. The highest BCUT2D eigenvalue weighted by Crippen LogP contribution is 2.65. The number of hydrogen-bond donors (Lipinski definition) is 3. The van der Waals surface area contributed by atoms with Gasteiger partial charge in [-0.3, -0.25) is 4.79 Å². The van der Waals surface area contributed by atoms with Crippen molar-refractivity contribution < 1.29 is 9.90 Å². The van der Waals surface area contributed by atoms with Crippen LogP contribution < -0.4 is 11.1 Å². The number of rotatable bonds is 4. The summed E-state index contributed by atoms with van der Waals surface area (Å²) in [7, 11) is 0. The summed E-state index contributed by atoms with van der Waals surface area (Å²) in [5.41, 5.74) is 9.84. The fraction of sp³-hybridized carbons (Fsp3) is 0.500. The number of anilines is 2. The van der Waals surface area contributed by atoms with Gasteiger partial charge in [-0.1, -0.05) is 61.3 Å². The highest BCUT2D eigenvalue weighted by Gasteiger charge is 2.58. The maximum Gasteiger partial charge on any atom is 0.307 e. The maximum absolute atomic E-state index is 10.8. The van der Waals surface area contributed by atoms with E-state index >= 15 is 0 Å². The molecule has 0 saturated heterocycles. The third-order valence-electron chi connectivity index (χ3n) is 7.25. The van der Waals surface area contributed by atoms with Crippen molar-refractivity contribution in [2.24, 2.45) is 22.5 Å². The van der Waals surface area contributed by atoms with Crippen LogP contribution in [0.2, 0.25) is 10.0 Å². The molecule has 4 N–H and O–H groups in total. The van der Waals surface area contributed by atoms with E-state index in [0.717, 1.165) is 5.92 Å². The summed E-state index contributed by atoms with van der Waals surface area (Å²) in [6.45, 7) is 4.94. The molecule has 2 unspecified atom stereocenters. The molecule has 2 aromatic rings. The van der Waals surface area contributed by atoms with Crippen LogP contribution >= 0.6 is 23.2 Å². The van der Waals surface area contributed by atoms with E-state index in [-0.39, 0.29) is 12.0 Å². The zero-order valence-electron chi connectivity index (χ0n) is 18.8. The number of carboxylic acids is 1. The first-order valence-corrected chi connectivity index (χ1v) is 12.0. The van der Waals surface area contributed by atoms with Crippen LogP contribution in [0.4, 0.5) is 11.4 Å². The van der Waals surface area contributed by atoms with Gasteiger partial charge in [0.2, 0.25) is 0 Å². The Labute approximate surface area is 200 Å². The van der Waals surface area contributed by atoms with Gasteiger partial charge < -0.3 is 16.2 Å². The van der Waals surface area contributed by atoms with Gasteiger partial charge in [-0.15, -0.1) is 0 Å². The largest absolute Gasteiger partial charge is 0.481 e. The number of nitrogens with two attached hydrogens (primary N) is 1. The Balaban J connectivity index is 0.000000163. The average molecular weight is 475 g/mol. The number of carbonyl (C=O) groups is 1. The second kappa shape index (κ2) is 8.55. The molecule has 2 aromatic carbocycles. The molecule has 0 aromatic heterocycles. The summed E-state index contributed by atoms with van der Waals surface area (Å²) in [4.78, 5) is 10.8. The molecule has 2 atom stereocenters. The van der Waals surface area contributed by atoms with E-state index in [1.165, 1.54) is 38.5 Å². The second-order valence-electron chi connectivity index (χ2n) is 10.9. The second-order valence-corrected chi connectivity index (χ2v) is 11.8. The Morgan fingerprint density at radius 1 is 1.00 bits per heavy atom. The highest BCUT2D eigenvalue weighted by atomic mass is 35.5. The molecule has 0 amide bonds. The summed E-state index contributed by atoms with van der Waals surface area (Å²) in [6, 6.07) is 12.3. The molecule has 172 valence electrons. The van der Waals surface area contributed by atoms with E-state index < -0.39 is 5.97 Å². The van der Waals surface area contributed by atoms with Crippen molar-refractivity contribution in [3.05, 3.63) is 58.1 Å². The normalized spacial score (nSPS) is 32.2. The molecule has 6 rings (SSSR count). The lowest BCUT2D eigenvalue weighted by Crippen LogP contribution is -2.62. The molecule has 6 heteroatoms. The lowest BCUT2D eigenvalue weighted by molar-refractivity contribution is -0.136. The van der Waals surface area contributed by atoms with Gasteiger partial charge in [0.15, 0.2) is 0 Å². The zero-order chi connectivity index (χ0) is 23.1. The number of benzene rings is 2. The van der Waals surface area contributed by atoms with E-state index in [9.17, 15) is 4.79 Å². The number of hydrogen-bond acceptors (Lipinski definition) is 3. The van der Waals surface area contributed by atoms with Crippen LogP contribution in [-0.4, -0.2) is 16.6 Å². The Bertz CT molecular complexity index is 954. The van der Waals surface area contributed by atoms with E-state index in [1.54, 1.807) is 36.4 Å². The van der Waals surface area contributed by atoms with Crippen LogP contribution in [-0.2, 0) is 11.2 Å². The lowest BCUT2D eigenvalue weighted by atomic mass is 9.43. The minimum Gasteiger partial charge on any atom is -0.481 e. The molecule has 0 heterocycles. The molecule has 32 heavy (non-hydrogen) atoms. The fourth-order valence-electron chi connectivity index (χ4n) is 7.25. The summed E-state index contributed by atoms with van der Waals surface area (Å²) < 4.78 is 0. The van der Waals surface area contributed by atoms with Crippen molar-refractivity contribution in [1.82, 2.24) is 0 Å². The topological polar surface area (TPSA) is 75.4 Å². The predicted octanol–water partition coefficient (Wildman–Crippen LogP) is 7.06. The van der Waals surface area contributed by atoms with Gasteiger partial charge in [-0.25, -0.2) is 0 Å². The molecule has 0 spiro atoms. The van der Waals surface area contributed by atoms with E-state index in [2.05, 4.69) is 19.2 Å². The van der Waals surface area contributed by atoms with Gasteiger partial charge >= 0.3 is 5.97 Å². The Morgan fingerprint density at radius 2 is 1.59 bits per heavy atom. The molecule has 4 aliphatic carbocycles. The van der Waals surface area contributed by atoms with Crippen LogP contribution in [0.1, 0.15) is 57.9 Å².